The van der Waals surface area contributed by atoms with Gasteiger partial charge in [-0.05, 0) is 17.5 Å². The number of aromatic nitrogens is 2. The van der Waals surface area contributed by atoms with E-state index >= 15 is 0 Å². The second kappa shape index (κ2) is 7.42. The van der Waals surface area contributed by atoms with Crippen molar-refractivity contribution < 1.29 is 4.79 Å². The van der Waals surface area contributed by atoms with Gasteiger partial charge in [-0.15, -0.1) is 17.9 Å². The number of carbonyl (C=O) groups excluding carboxylic acids is 1. The summed E-state index contributed by atoms with van der Waals surface area (Å²) < 4.78 is 0. The lowest BCUT2D eigenvalue weighted by Gasteiger charge is -1.96. The van der Waals surface area contributed by atoms with Crippen LogP contribution < -0.4 is 5.32 Å². The zero-order valence-corrected chi connectivity index (χ0v) is 9.54. The molecule has 0 aliphatic heterocycles. The maximum Gasteiger partial charge on any atom is 0.261 e. The first-order valence-electron chi connectivity index (χ1n) is 4.71. The number of amides is 1. The molecule has 0 bridgehead atoms. The number of hydrogen-bond acceptors (Lipinski definition) is 3. The molecule has 0 saturated heterocycles. The monoisotopic (exact) mass is 235 g/mol. The molecule has 1 amide bonds. The third-order valence-electron chi connectivity index (χ3n) is 1.56. The lowest BCUT2D eigenvalue weighted by Crippen LogP contribution is -2.21. The van der Waals surface area contributed by atoms with Crippen LogP contribution in [0.2, 0.25) is 0 Å². The van der Waals surface area contributed by atoms with E-state index in [2.05, 4.69) is 22.1 Å². The van der Waals surface area contributed by atoms with Crippen molar-refractivity contribution in [2.24, 2.45) is 0 Å². The summed E-state index contributed by atoms with van der Waals surface area (Å²) >= 11 is 1.44. The maximum absolute atomic E-state index is 11.1. The lowest BCUT2D eigenvalue weighted by molar-refractivity contribution is 0.0962. The minimum atomic E-state index is -0.0279. The van der Waals surface area contributed by atoms with E-state index in [1.165, 1.54) is 11.3 Å². The molecule has 2 aromatic rings. The summed E-state index contributed by atoms with van der Waals surface area (Å²) in [5.41, 5.74) is 0. The van der Waals surface area contributed by atoms with Crippen molar-refractivity contribution in [3.8, 4) is 0 Å². The van der Waals surface area contributed by atoms with Crippen LogP contribution in [-0.2, 0) is 0 Å². The standard InChI is InChI=1S/C8H9NOS.C3H4N2/c1-2-5-9-8(10)7-4-3-6-11-7;1-2-4-5-3-1/h2-4,6H,1,5H2,(H,9,10);1-3H,(H,4,5). The van der Waals surface area contributed by atoms with E-state index < -0.39 is 0 Å². The van der Waals surface area contributed by atoms with Gasteiger partial charge >= 0.3 is 0 Å². The van der Waals surface area contributed by atoms with Gasteiger partial charge < -0.3 is 5.32 Å². The summed E-state index contributed by atoms with van der Waals surface area (Å²) in [6.07, 6.45) is 5.12. The average molecular weight is 235 g/mol. The van der Waals surface area contributed by atoms with Crippen molar-refractivity contribution in [1.29, 1.82) is 0 Å². The molecule has 0 aliphatic rings. The number of carbonyl (C=O) groups is 1. The van der Waals surface area contributed by atoms with Gasteiger partial charge in [-0.25, -0.2) is 0 Å². The van der Waals surface area contributed by atoms with Crippen LogP contribution in [0, 0.1) is 0 Å². The Bertz CT molecular complexity index is 378. The molecule has 0 unspecified atom stereocenters. The van der Waals surface area contributed by atoms with Gasteiger partial charge in [0, 0.05) is 18.9 Å². The van der Waals surface area contributed by atoms with Crippen LogP contribution in [-0.4, -0.2) is 22.6 Å². The molecule has 2 heterocycles. The fourth-order valence-corrected chi connectivity index (χ4v) is 1.51. The zero-order valence-electron chi connectivity index (χ0n) is 8.72. The predicted octanol–water partition coefficient (Wildman–Crippen LogP) is 2.07. The number of nitrogens with zero attached hydrogens (tertiary/aromatic N) is 1. The van der Waals surface area contributed by atoms with Crippen molar-refractivity contribution >= 4 is 17.2 Å². The molecule has 2 N–H and O–H groups in total. The molecular formula is C11H13N3OS. The number of H-pyrrole nitrogens is 1. The van der Waals surface area contributed by atoms with Gasteiger partial charge in [-0.3, -0.25) is 9.89 Å². The number of rotatable bonds is 3. The molecule has 2 aromatic heterocycles. The molecule has 0 fully saturated rings. The van der Waals surface area contributed by atoms with Crippen molar-refractivity contribution in [1.82, 2.24) is 15.5 Å². The van der Waals surface area contributed by atoms with Crippen molar-refractivity contribution in [2.75, 3.05) is 6.54 Å². The highest BCUT2D eigenvalue weighted by atomic mass is 32.1. The minimum absolute atomic E-state index is 0.0279. The molecule has 0 atom stereocenters. The summed E-state index contributed by atoms with van der Waals surface area (Å²) in [6.45, 7) is 4.03. The van der Waals surface area contributed by atoms with Crippen LogP contribution in [0.4, 0.5) is 0 Å². The largest absolute Gasteiger partial charge is 0.348 e. The van der Waals surface area contributed by atoms with Gasteiger partial charge in [-0.1, -0.05) is 12.1 Å². The second-order valence-electron chi connectivity index (χ2n) is 2.74. The Balaban J connectivity index is 0.000000212. The van der Waals surface area contributed by atoms with Gasteiger partial charge in [-0.2, -0.15) is 5.10 Å². The van der Waals surface area contributed by atoms with Crippen LogP contribution in [0.15, 0.2) is 48.6 Å². The maximum atomic E-state index is 11.1. The number of thiophene rings is 1. The fourth-order valence-electron chi connectivity index (χ4n) is 0.875. The van der Waals surface area contributed by atoms with Gasteiger partial charge in [0.15, 0.2) is 0 Å². The third-order valence-corrected chi connectivity index (χ3v) is 2.43. The van der Waals surface area contributed by atoms with E-state index in [-0.39, 0.29) is 5.91 Å². The molecule has 16 heavy (non-hydrogen) atoms. The topological polar surface area (TPSA) is 57.8 Å². The molecule has 2 rings (SSSR count). The molecule has 0 aromatic carbocycles. The highest BCUT2D eigenvalue weighted by molar-refractivity contribution is 7.12. The SMILES string of the molecule is C=CCNC(=O)c1cccs1.c1cn[nH]c1. The minimum Gasteiger partial charge on any atom is -0.348 e. The number of nitrogens with one attached hydrogen (secondary N) is 2. The molecular weight excluding hydrogens is 222 g/mol. The van der Waals surface area contributed by atoms with Gasteiger partial charge in [0.25, 0.3) is 5.91 Å². The van der Waals surface area contributed by atoms with Gasteiger partial charge in [0.05, 0.1) is 4.88 Å². The Morgan fingerprint density at radius 2 is 2.50 bits per heavy atom. The number of hydrogen-bond donors (Lipinski definition) is 2. The summed E-state index contributed by atoms with van der Waals surface area (Å²) in [6, 6.07) is 5.48. The van der Waals surface area contributed by atoms with E-state index in [0.717, 1.165) is 4.88 Å². The van der Waals surface area contributed by atoms with E-state index in [0.29, 0.717) is 6.54 Å². The summed E-state index contributed by atoms with van der Waals surface area (Å²) in [5.74, 6) is -0.0279. The zero-order chi connectivity index (χ0) is 11.6. The smallest absolute Gasteiger partial charge is 0.261 e. The highest BCUT2D eigenvalue weighted by Gasteiger charge is 2.02. The predicted molar refractivity (Wildman–Crippen MR) is 65.4 cm³/mol. The van der Waals surface area contributed by atoms with Gasteiger partial charge in [0.1, 0.15) is 0 Å². The molecule has 0 saturated carbocycles. The Labute approximate surface area is 98.0 Å². The van der Waals surface area contributed by atoms with E-state index in [9.17, 15) is 4.79 Å². The molecule has 0 radical (unpaired) electrons. The fraction of sp³-hybridized carbons (Fsp3) is 0.0909. The molecule has 0 aliphatic carbocycles. The summed E-state index contributed by atoms with van der Waals surface area (Å²) in [7, 11) is 0. The van der Waals surface area contributed by atoms with E-state index in [1.807, 2.05) is 17.5 Å². The molecule has 84 valence electrons. The highest BCUT2D eigenvalue weighted by Crippen LogP contribution is 2.07. The first-order chi connectivity index (χ1) is 7.84. The molecule has 0 spiro atoms. The Morgan fingerprint density at radius 1 is 1.62 bits per heavy atom. The number of aromatic amines is 1. The summed E-state index contributed by atoms with van der Waals surface area (Å²) in [5, 5.41) is 10.8. The Kier molecular flexibility index (Phi) is 5.65. The Hall–Kier alpha value is -1.88. The van der Waals surface area contributed by atoms with Crippen LogP contribution >= 0.6 is 11.3 Å². The second-order valence-corrected chi connectivity index (χ2v) is 3.69. The molecule has 5 heteroatoms. The third kappa shape index (κ3) is 4.56. The summed E-state index contributed by atoms with van der Waals surface area (Å²) in [4.78, 5) is 11.9. The van der Waals surface area contributed by atoms with Crippen molar-refractivity contribution in [3.05, 3.63) is 53.5 Å². The first kappa shape index (κ1) is 12.2. The normalized spacial score (nSPS) is 8.75. The first-order valence-corrected chi connectivity index (χ1v) is 5.59. The van der Waals surface area contributed by atoms with Crippen LogP contribution in [0.5, 0.6) is 0 Å². The van der Waals surface area contributed by atoms with Crippen LogP contribution in [0.25, 0.3) is 0 Å². The molecule has 4 nitrogen and oxygen atoms in total. The van der Waals surface area contributed by atoms with Crippen LogP contribution in [0.1, 0.15) is 9.67 Å². The van der Waals surface area contributed by atoms with E-state index in [4.69, 9.17) is 0 Å². The van der Waals surface area contributed by atoms with Gasteiger partial charge in [0.2, 0.25) is 0 Å². The van der Waals surface area contributed by atoms with E-state index in [1.54, 1.807) is 24.5 Å². The lowest BCUT2D eigenvalue weighted by atomic mass is 10.4. The Morgan fingerprint density at radius 3 is 2.94 bits per heavy atom. The van der Waals surface area contributed by atoms with Crippen molar-refractivity contribution in [3.63, 3.8) is 0 Å². The van der Waals surface area contributed by atoms with Crippen molar-refractivity contribution in [2.45, 2.75) is 0 Å². The average Bonchev–Trinajstić information content (AvgIpc) is 2.98. The quantitative estimate of drug-likeness (QED) is 0.800. The van der Waals surface area contributed by atoms with Crippen LogP contribution in [0.3, 0.4) is 0 Å².